The van der Waals surface area contributed by atoms with E-state index in [9.17, 15) is 4.79 Å². The molecule has 20 heavy (non-hydrogen) atoms. The fourth-order valence-electron chi connectivity index (χ4n) is 4.60. The van der Waals surface area contributed by atoms with Crippen LogP contribution in [0.4, 0.5) is 0 Å². The maximum Gasteiger partial charge on any atom is 0.136 e. The van der Waals surface area contributed by atoms with Gasteiger partial charge < -0.3 is 0 Å². The summed E-state index contributed by atoms with van der Waals surface area (Å²) in [6.45, 7) is 2.26. The zero-order chi connectivity index (χ0) is 14.2. The third-order valence-corrected chi connectivity index (χ3v) is 5.77. The summed E-state index contributed by atoms with van der Waals surface area (Å²) in [5.41, 5.74) is 0. The molecule has 0 bridgehead atoms. The van der Waals surface area contributed by atoms with Crippen molar-refractivity contribution < 1.29 is 4.79 Å². The Balaban J connectivity index is 1.68. The van der Waals surface area contributed by atoms with Crippen LogP contribution in [0.2, 0.25) is 0 Å². The number of unbranched alkanes of at least 4 members (excludes halogenated alkanes) is 5. The molecule has 2 aliphatic rings. The largest absolute Gasteiger partial charge is 0.299 e. The van der Waals surface area contributed by atoms with Crippen LogP contribution in [0.1, 0.15) is 96.8 Å². The highest BCUT2D eigenvalue weighted by Gasteiger charge is 2.37. The highest BCUT2D eigenvalue weighted by molar-refractivity contribution is 5.81. The average Bonchev–Trinajstić information content (AvgIpc) is 2.50. The third kappa shape index (κ3) is 4.60. The molecule has 0 aromatic heterocycles. The second-order valence-corrected chi connectivity index (χ2v) is 7.23. The fourth-order valence-corrected chi connectivity index (χ4v) is 4.60. The molecule has 0 amide bonds. The van der Waals surface area contributed by atoms with Gasteiger partial charge in [0.15, 0.2) is 0 Å². The van der Waals surface area contributed by atoms with E-state index in [-0.39, 0.29) is 0 Å². The smallest absolute Gasteiger partial charge is 0.136 e. The number of fused-ring (bicyclic) bond motifs is 1. The summed E-state index contributed by atoms with van der Waals surface area (Å²) in [7, 11) is 0. The molecule has 116 valence electrons. The number of Topliss-reactive ketones (excluding diaryl/α,β-unsaturated/α-hetero) is 1. The Kier molecular flexibility index (Phi) is 7.10. The molecule has 0 aliphatic heterocycles. The van der Waals surface area contributed by atoms with Gasteiger partial charge in [-0.05, 0) is 31.1 Å². The molecule has 0 saturated heterocycles. The van der Waals surface area contributed by atoms with Gasteiger partial charge in [0.2, 0.25) is 0 Å². The standard InChI is InChI=1S/C19H34O/c1-2-3-4-5-6-7-15-19(20)18-14-10-12-16-11-8-9-13-17(16)18/h16-18H,2-15H2,1H3. The molecule has 2 aliphatic carbocycles. The van der Waals surface area contributed by atoms with Crippen molar-refractivity contribution in [1.29, 1.82) is 0 Å². The summed E-state index contributed by atoms with van der Waals surface area (Å²) in [5, 5.41) is 0. The van der Waals surface area contributed by atoms with Crippen molar-refractivity contribution in [2.45, 2.75) is 96.8 Å². The number of ketones is 1. The second kappa shape index (κ2) is 8.85. The van der Waals surface area contributed by atoms with Gasteiger partial charge in [-0.2, -0.15) is 0 Å². The van der Waals surface area contributed by atoms with Crippen molar-refractivity contribution in [3.8, 4) is 0 Å². The Morgan fingerprint density at radius 1 is 0.850 bits per heavy atom. The SMILES string of the molecule is CCCCCCCCC(=O)C1CCCC2CCCCC21. The van der Waals surface area contributed by atoms with Crippen LogP contribution in [0.15, 0.2) is 0 Å². The lowest BCUT2D eigenvalue weighted by atomic mass is 9.64. The summed E-state index contributed by atoms with van der Waals surface area (Å²) in [6.07, 6.45) is 18.1. The summed E-state index contributed by atoms with van der Waals surface area (Å²) in [5.74, 6) is 2.74. The number of rotatable bonds is 8. The lowest BCUT2D eigenvalue weighted by Gasteiger charge is -2.40. The first-order valence-electron chi connectivity index (χ1n) is 9.35. The molecular formula is C19H34O. The molecule has 0 aromatic rings. The number of carbonyl (C=O) groups is 1. The quantitative estimate of drug-likeness (QED) is 0.504. The zero-order valence-corrected chi connectivity index (χ0v) is 13.5. The maximum absolute atomic E-state index is 12.5. The molecule has 3 unspecified atom stereocenters. The van der Waals surface area contributed by atoms with Gasteiger partial charge in [0.05, 0.1) is 0 Å². The van der Waals surface area contributed by atoms with Crippen molar-refractivity contribution in [2.75, 3.05) is 0 Å². The minimum atomic E-state index is 0.449. The van der Waals surface area contributed by atoms with E-state index in [1.54, 1.807) is 0 Å². The second-order valence-electron chi connectivity index (χ2n) is 7.23. The Bertz CT molecular complexity index is 281. The van der Waals surface area contributed by atoms with Crippen molar-refractivity contribution in [1.82, 2.24) is 0 Å². The molecular weight excluding hydrogens is 244 g/mol. The van der Waals surface area contributed by atoms with Crippen LogP contribution >= 0.6 is 0 Å². The molecule has 1 heteroatoms. The van der Waals surface area contributed by atoms with Crippen LogP contribution in [0.5, 0.6) is 0 Å². The van der Waals surface area contributed by atoms with Gasteiger partial charge >= 0.3 is 0 Å². The minimum Gasteiger partial charge on any atom is -0.299 e. The van der Waals surface area contributed by atoms with Crippen LogP contribution in [0.25, 0.3) is 0 Å². The number of hydrogen-bond acceptors (Lipinski definition) is 1. The normalized spacial score (nSPS) is 29.9. The molecule has 2 rings (SSSR count). The zero-order valence-electron chi connectivity index (χ0n) is 13.5. The van der Waals surface area contributed by atoms with Crippen molar-refractivity contribution in [3.05, 3.63) is 0 Å². The van der Waals surface area contributed by atoms with Crippen molar-refractivity contribution in [2.24, 2.45) is 17.8 Å². The molecule has 0 heterocycles. The first-order valence-corrected chi connectivity index (χ1v) is 9.35. The summed E-state index contributed by atoms with van der Waals surface area (Å²) < 4.78 is 0. The number of hydrogen-bond donors (Lipinski definition) is 0. The Labute approximate surface area is 125 Å². The van der Waals surface area contributed by atoms with Gasteiger partial charge in [-0.1, -0.05) is 71.1 Å². The van der Waals surface area contributed by atoms with Gasteiger partial charge in [0.25, 0.3) is 0 Å². The van der Waals surface area contributed by atoms with Crippen LogP contribution in [-0.4, -0.2) is 5.78 Å². The molecule has 2 fully saturated rings. The van der Waals surface area contributed by atoms with E-state index in [0.717, 1.165) is 24.7 Å². The van der Waals surface area contributed by atoms with E-state index >= 15 is 0 Å². The van der Waals surface area contributed by atoms with Crippen LogP contribution < -0.4 is 0 Å². The van der Waals surface area contributed by atoms with E-state index in [1.165, 1.54) is 77.0 Å². The molecule has 0 N–H and O–H groups in total. The molecule has 0 radical (unpaired) electrons. The van der Waals surface area contributed by atoms with Gasteiger partial charge in [0.1, 0.15) is 5.78 Å². The lowest BCUT2D eigenvalue weighted by molar-refractivity contribution is -0.127. The van der Waals surface area contributed by atoms with E-state index < -0.39 is 0 Å². The van der Waals surface area contributed by atoms with Crippen LogP contribution in [-0.2, 0) is 4.79 Å². The molecule has 0 aromatic carbocycles. The highest BCUT2D eigenvalue weighted by atomic mass is 16.1. The van der Waals surface area contributed by atoms with Gasteiger partial charge in [0, 0.05) is 12.3 Å². The Morgan fingerprint density at radius 2 is 1.55 bits per heavy atom. The van der Waals surface area contributed by atoms with Crippen molar-refractivity contribution in [3.63, 3.8) is 0 Å². The highest BCUT2D eigenvalue weighted by Crippen LogP contribution is 2.44. The number of carbonyl (C=O) groups excluding carboxylic acids is 1. The maximum atomic E-state index is 12.5. The van der Waals surface area contributed by atoms with E-state index in [2.05, 4.69) is 6.92 Å². The minimum absolute atomic E-state index is 0.449. The first-order chi connectivity index (χ1) is 9.83. The van der Waals surface area contributed by atoms with Gasteiger partial charge in [-0.15, -0.1) is 0 Å². The average molecular weight is 278 g/mol. The fraction of sp³-hybridized carbons (Fsp3) is 0.947. The predicted octanol–water partition coefficient (Wildman–Crippen LogP) is 5.91. The lowest BCUT2D eigenvalue weighted by Crippen LogP contribution is -2.35. The van der Waals surface area contributed by atoms with E-state index in [0.29, 0.717) is 11.7 Å². The molecule has 3 atom stereocenters. The van der Waals surface area contributed by atoms with Crippen molar-refractivity contribution >= 4 is 5.78 Å². The Hall–Kier alpha value is -0.330. The Morgan fingerprint density at radius 3 is 2.40 bits per heavy atom. The van der Waals surface area contributed by atoms with Crippen LogP contribution in [0, 0.1) is 17.8 Å². The van der Waals surface area contributed by atoms with E-state index in [1.807, 2.05) is 0 Å². The third-order valence-electron chi connectivity index (χ3n) is 5.77. The monoisotopic (exact) mass is 278 g/mol. The summed E-state index contributed by atoms with van der Waals surface area (Å²) in [6, 6.07) is 0. The first kappa shape index (κ1) is 16.0. The predicted molar refractivity (Wildman–Crippen MR) is 85.8 cm³/mol. The molecule has 0 spiro atoms. The summed E-state index contributed by atoms with van der Waals surface area (Å²) >= 11 is 0. The topological polar surface area (TPSA) is 17.1 Å². The van der Waals surface area contributed by atoms with E-state index in [4.69, 9.17) is 0 Å². The van der Waals surface area contributed by atoms with Crippen LogP contribution in [0.3, 0.4) is 0 Å². The van der Waals surface area contributed by atoms with Gasteiger partial charge in [-0.25, -0.2) is 0 Å². The summed E-state index contributed by atoms with van der Waals surface area (Å²) in [4.78, 5) is 12.5. The molecule has 1 nitrogen and oxygen atoms in total. The molecule has 2 saturated carbocycles. The van der Waals surface area contributed by atoms with Gasteiger partial charge in [-0.3, -0.25) is 4.79 Å².